The number of carbonyl (C=O) groups is 3. The van der Waals surface area contributed by atoms with E-state index in [9.17, 15) is 14.4 Å². The fraction of sp³-hybridized carbons (Fsp3) is 0.286. The molecule has 0 aliphatic carbocycles. The highest BCUT2D eigenvalue weighted by Crippen LogP contribution is 2.11. The average molecular weight is 383 g/mol. The van der Waals surface area contributed by atoms with E-state index in [1.54, 1.807) is 36.4 Å². The molecule has 7 heteroatoms. The van der Waals surface area contributed by atoms with Crippen molar-refractivity contribution >= 4 is 23.4 Å². The molecule has 0 aromatic heterocycles. The summed E-state index contributed by atoms with van der Waals surface area (Å²) < 4.78 is 5.34. The molecule has 0 saturated heterocycles. The second kappa shape index (κ2) is 10.7. The number of carbonyl (C=O) groups excluding carboxylic acids is 3. The lowest BCUT2D eigenvalue weighted by atomic mass is 10.1. The van der Waals surface area contributed by atoms with E-state index in [-0.39, 0.29) is 30.2 Å². The Morgan fingerprint density at radius 3 is 2.18 bits per heavy atom. The van der Waals surface area contributed by atoms with Gasteiger partial charge in [-0.3, -0.25) is 14.4 Å². The van der Waals surface area contributed by atoms with Gasteiger partial charge in [0.2, 0.25) is 5.91 Å². The lowest BCUT2D eigenvalue weighted by molar-refractivity contribution is -0.123. The van der Waals surface area contributed by atoms with E-state index >= 15 is 0 Å². The first-order valence-corrected chi connectivity index (χ1v) is 9.09. The van der Waals surface area contributed by atoms with Crippen LogP contribution in [0.4, 0.5) is 5.69 Å². The normalized spacial score (nSPS) is 10.2. The van der Waals surface area contributed by atoms with E-state index in [0.29, 0.717) is 30.1 Å². The third-order valence-electron chi connectivity index (χ3n) is 3.78. The fourth-order valence-corrected chi connectivity index (χ4v) is 2.19. The lowest BCUT2D eigenvalue weighted by Crippen LogP contribution is -2.36. The monoisotopic (exact) mass is 383 g/mol. The number of hydrogen-bond acceptors (Lipinski definition) is 4. The van der Waals surface area contributed by atoms with Gasteiger partial charge >= 0.3 is 0 Å². The molecule has 2 rings (SSSR count). The summed E-state index contributed by atoms with van der Waals surface area (Å²) in [5, 5.41) is 8.17. The minimum absolute atomic E-state index is 0.0795. The molecule has 148 valence electrons. The minimum atomic E-state index is -0.261. The zero-order valence-electron chi connectivity index (χ0n) is 16.0. The van der Waals surface area contributed by atoms with Gasteiger partial charge < -0.3 is 20.7 Å². The third kappa shape index (κ3) is 7.11. The van der Waals surface area contributed by atoms with Crippen LogP contribution in [0.1, 0.15) is 24.2 Å². The molecular formula is C21H25N3O4. The highest BCUT2D eigenvalue weighted by atomic mass is 16.5. The molecule has 3 amide bonds. The fourth-order valence-electron chi connectivity index (χ4n) is 2.19. The average Bonchev–Trinajstić information content (AvgIpc) is 2.70. The maximum atomic E-state index is 12.1. The van der Waals surface area contributed by atoms with Crippen LogP contribution in [0.25, 0.3) is 0 Å². The third-order valence-corrected chi connectivity index (χ3v) is 3.78. The van der Waals surface area contributed by atoms with Crippen LogP contribution in [-0.2, 0) is 9.59 Å². The molecule has 3 N–H and O–H groups in total. The Balaban J connectivity index is 1.66. The van der Waals surface area contributed by atoms with Crippen molar-refractivity contribution in [2.75, 3.05) is 25.0 Å². The molecule has 0 heterocycles. The first-order valence-electron chi connectivity index (χ1n) is 9.09. The molecule has 28 heavy (non-hydrogen) atoms. The Hall–Kier alpha value is -3.35. The largest absolute Gasteiger partial charge is 0.484 e. The predicted octanol–water partition coefficient (Wildman–Crippen LogP) is 2.21. The quantitative estimate of drug-likeness (QED) is 0.579. The molecule has 0 aliphatic rings. The number of rotatable bonds is 9. The van der Waals surface area contributed by atoms with Gasteiger partial charge in [-0.2, -0.15) is 0 Å². The summed E-state index contributed by atoms with van der Waals surface area (Å²) in [6.07, 6.45) is 0. The van der Waals surface area contributed by atoms with Crippen molar-refractivity contribution in [1.29, 1.82) is 0 Å². The molecule has 0 aliphatic heterocycles. The SMILES string of the molecule is CC(C)C(=O)Nc1ccc(C(=O)NCCNC(=O)COc2ccccc2)cc1. The number of ether oxygens (including phenoxy) is 1. The van der Waals surface area contributed by atoms with Gasteiger partial charge in [-0.1, -0.05) is 32.0 Å². The Bertz CT molecular complexity index is 789. The van der Waals surface area contributed by atoms with Crippen LogP contribution in [0.15, 0.2) is 54.6 Å². The highest BCUT2D eigenvalue weighted by molar-refractivity contribution is 5.96. The molecular weight excluding hydrogens is 358 g/mol. The van der Waals surface area contributed by atoms with E-state index in [2.05, 4.69) is 16.0 Å². The summed E-state index contributed by atoms with van der Waals surface area (Å²) in [7, 11) is 0. The van der Waals surface area contributed by atoms with Crippen molar-refractivity contribution < 1.29 is 19.1 Å². The van der Waals surface area contributed by atoms with Gasteiger partial charge in [-0.15, -0.1) is 0 Å². The zero-order chi connectivity index (χ0) is 20.4. The summed E-state index contributed by atoms with van der Waals surface area (Å²) in [6.45, 7) is 4.13. The molecule has 2 aromatic carbocycles. The standard InChI is InChI=1S/C21H25N3O4/c1-15(2)20(26)24-17-10-8-16(9-11-17)21(27)23-13-12-22-19(25)14-28-18-6-4-3-5-7-18/h3-11,15H,12-14H2,1-2H3,(H,22,25)(H,23,27)(H,24,26). The van der Waals surface area contributed by atoms with E-state index in [4.69, 9.17) is 4.74 Å². The summed E-state index contributed by atoms with van der Waals surface area (Å²) in [5.41, 5.74) is 1.11. The Morgan fingerprint density at radius 1 is 0.893 bits per heavy atom. The van der Waals surface area contributed by atoms with Crippen molar-refractivity contribution in [3.05, 3.63) is 60.2 Å². The van der Waals surface area contributed by atoms with E-state index in [1.807, 2.05) is 32.0 Å². The molecule has 0 bridgehead atoms. The Kier molecular flexibility index (Phi) is 8.02. The number of benzene rings is 2. The van der Waals surface area contributed by atoms with Crippen LogP contribution >= 0.6 is 0 Å². The smallest absolute Gasteiger partial charge is 0.258 e. The van der Waals surface area contributed by atoms with Gasteiger partial charge in [0.05, 0.1) is 0 Å². The van der Waals surface area contributed by atoms with Crippen molar-refractivity contribution in [2.24, 2.45) is 5.92 Å². The molecule has 0 spiro atoms. The first kappa shape index (κ1) is 21.0. The van der Waals surface area contributed by atoms with Crippen LogP contribution in [0.2, 0.25) is 0 Å². The molecule has 0 atom stereocenters. The van der Waals surface area contributed by atoms with Crippen molar-refractivity contribution in [3.63, 3.8) is 0 Å². The van der Waals surface area contributed by atoms with Crippen LogP contribution in [0.5, 0.6) is 5.75 Å². The maximum absolute atomic E-state index is 12.1. The summed E-state index contributed by atoms with van der Waals surface area (Å²) in [4.78, 5) is 35.5. The summed E-state index contributed by atoms with van der Waals surface area (Å²) in [5.74, 6) is -0.0840. The Labute approximate surface area is 164 Å². The second-order valence-electron chi connectivity index (χ2n) is 6.43. The van der Waals surface area contributed by atoms with Crippen LogP contribution in [0.3, 0.4) is 0 Å². The molecule has 0 fully saturated rings. The molecule has 2 aromatic rings. The molecule has 0 saturated carbocycles. The minimum Gasteiger partial charge on any atom is -0.484 e. The molecule has 7 nitrogen and oxygen atoms in total. The first-order chi connectivity index (χ1) is 13.5. The van der Waals surface area contributed by atoms with Crippen LogP contribution < -0.4 is 20.7 Å². The number of nitrogens with one attached hydrogen (secondary N) is 3. The highest BCUT2D eigenvalue weighted by Gasteiger charge is 2.09. The number of para-hydroxylation sites is 1. The zero-order valence-corrected chi connectivity index (χ0v) is 16.0. The van der Waals surface area contributed by atoms with Crippen LogP contribution in [0, 0.1) is 5.92 Å². The second-order valence-corrected chi connectivity index (χ2v) is 6.43. The number of hydrogen-bond donors (Lipinski definition) is 3. The van der Waals surface area contributed by atoms with Crippen molar-refractivity contribution in [2.45, 2.75) is 13.8 Å². The van der Waals surface area contributed by atoms with E-state index < -0.39 is 0 Å². The molecule has 0 radical (unpaired) electrons. The summed E-state index contributed by atoms with van der Waals surface area (Å²) in [6, 6.07) is 15.7. The van der Waals surface area contributed by atoms with E-state index in [1.165, 1.54) is 0 Å². The summed E-state index contributed by atoms with van der Waals surface area (Å²) >= 11 is 0. The topological polar surface area (TPSA) is 96.5 Å². The Morgan fingerprint density at radius 2 is 1.54 bits per heavy atom. The van der Waals surface area contributed by atoms with Gasteiger partial charge in [0.1, 0.15) is 5.75 Å². The number of amides is 3. The van der Waals surface area contributed by atoms with Crippen molar-refractivity contribution in [1.82, 2.24) is 10.6 Å². The van der Waals surface area contributed by atoms with Gasteiger partial charge in [-0.25, -0.2) is 0 Å². The van der Waals surface area contributed by atoms with Gasteiger partial charge in [0.25, 0.3) is 11.8 Å². The predicted molar refractivity (Wildman–Crippen MR) is 107 cm³/mol. The van der Waals surface area contributed by atoms with Crippen molar-refractivity contribution in [3.8, 4) is 5.75 Å². The van der Waals surface area contributed by atoms with Gasteiger partial charge in [0.15, 0.2) is 6.61 Å². The van der Waals surface area contributed by atoms with Gasteiger partial charge in [0, 0.05) is 30.3 Å². The maximum Gasteiger partial charge on any atom is 0.258 e. The van der Waals surface area contributed by atoms with E-state index in [0.717, 1.165) is 0 Å². The van der Waals surface area contributed by atoms with Crippen LogP contribution in [-0.4, -0.2) is 37.4 Å². The molecule has 0 unspecified atom stereocenters. The number of anilines is 1. The van der Waals surface area contributed by atoms with Gasteiger partial charge in [-0.05, 0) is 36.4 Å². The lowest BCUT2D eigenvalue weighted by Gasteiger charge is -2.10.